The number of carbonyl (C=O) groups is 4. The Morgan fingerprint density at radius 2 is 0.921 bits per heavy atom. The zero-order chi connectivity index (χ0) is 26.5. The summed E-state index contributed by atoms with van der Waals surface area (Å²) in [6, 6.07) is 19.0. The van der Waals surface area contributed by atoms with Gasteiger partial charge in [0, 0.05) is 0 Å². The van der Waals surface area contributed by atoms with Gasteiger partial charge in [0.2, 0.25) is 0 Å². The first-order valence-corrected chi connectivity index (χ1v) is 11.7. The summed E-state index contributed by atoms with van der Waals surface area (Å²) in [6.45, 7) is 0.951. The summed E-state index contributed by atoms with van der Waals surface area (Å²) in [5, 5.41) is 0. The van der Waals surface area contributed by atoms with E-state index in [0.29, 0.717) is 24.3 Å². The second-order valence-corrected chi connectivity index (χ2v) is 8.50. The molecule has 0 bridgehead atoms. The number of carbonyl (C=O) groups excluding carboxylic acids is 4. The molecule has 38 heavy (non-hydrogen) atoms. The average Bonchev–Trinajstić information content (AvgIpc) is 3.85. The first-order chi connectivity index (χ1) is 18.4. The second-order valence-electron chi connectivity index (χ2n) is 8.50. The van der Waals surface area contributed by atoms with Gasteiger partial charge in [-0.2, -0.15) is 0 Å². The molecule has 2 unspecified atom stereocenters. The molecular formula is C28H22O10. The molecule has 194 valence electrons. The molecule has 2 atom stereocenters. The molecule has 10 heteroatoms. The van der Waals surface area contributed by atoms with E-state index in [2.05, 4.69) is 0 Å². The van der Waals surface area contributed by atoms with Crippen LogP contribution in [-0.2, 0) is 41.8 Å². The van der Waals surface area contributed by atoms with Crippen molar-refractivity contribution in [3.8, 4) is 11.5 Å². The van der Waals surface area contributed by atoms with Crippen LogP contribution in [0.3, 0.4) is 0 Å². The van der Waals surface area contributed by atoms with E-state index >= 15 is 0 Å². The van der Waals surface area contributed by atoms with Crippen molar-refractivity contribution in [1.82, 2.24) is 0 Å². The van der Waals surface area contributed by atoms with Crippen LogP contribution in [-0.4, -0.2) is 49.3 Å². The third kappa shape index (κ3) is 6.81. The minimum Gasteiger partial charge on any atom is -0.459 e. The number of epoxide rings is 2. The van der Waals surface area contributed by atoms with Gasteiger partial charge >= 0.3 is 23.9 Å². The number of rotatable bonds is 10. The van der Waals surface area contributed by atoms with E-state index in [-0.39, 0.29) is 24.7 Å². The third-order valence-electron chi connectivity index (χ3n) is 5.58. The van der Waals surface area contributed by atoms with E-state index in [9.17, 15) is 19.2 Å². The first-order valence-electron chi connectivity index (χ1n) is 11.7. The van der Waals surface area contributed by atoms with Crippen LogP contribution in [0.5, 0.6) is 11.5 Å². The van der Waals surface area contributed by atoms with Crippen LogP contribution >= 0.6 is 0 Å². The molecule has 10 nitrogen and oxygen atoms in total. The van der Waals surface area contributed by atoms with Gasteiger partial charge in [0.05, 0.1) is 24.3 Å². The highest BCUT2D eigenvalue weighted by atomic mass is 16.6. The predicted molar refractivity (Wildman–Crippen MR) is 128 cm³/mol. The lowest BCUT2D eigenvalue weighted by Crippen LogP contribution is -2.12. The van der Waals surface area contributed by atoms with E-state index in [0.717, 1.165) is 11.1 Å². The Morgan fingerprint density at radius 1 is 0.579 bits per heavy atom. The maximum Gasteiger partial charge on any atom is 0.343 e. The van der Waals surface area contributed by atoms with Crippen LogP contribution in [0, 0.1) is 0 Å². The van der Waals surface area contributed by atoms with Gasteiger partial charge in [0.25, 0.3) is 0 Å². The smallest absolute Gasteiger partial charge is 0.343 e. The fourth-order valence-electron chi connectivity index (χ4n) is 3.24. The van der Waals surface area contributed by atoms with Crippen LogP contribution < -0.4 is 9.47 Å². The van der Waals surface area contributed by atoms with Crippen LogP contribution in [0.4, 0.5) is 0 Å². The summed E-state index contributed by atoms with van der Waals surface area (Å²) in [6.07, 6.45) is -0.921. The van der Waals surface area contributed by atoms with Crippen molar-refractivity contribution >= 4 is 23.9 Å². The standard InChI is InChI=1S/C28H22O10/c29-25(19-5-1-17(2-6-19)13-35-27(31)23-15-33-23)37-21-9-11-22(12-10-21)38-26(30)20-7-3-18(4-8-20)14-36-28(32)24-16-34-24/h1-12,23-24H,13-16H2. The van der Waals surface area contributed by atoms with E-state index < -0.39 is 36.1 Å². The van der Waals surface area contributed by atoms with E-state index in [1.807, 2.05) is 0 Å². The Balaban J connectivity index is 1.08. The largest absolute Gasteiger partial charge is 0.459 e. The quantitative estimate of drug-likeness (QED) is 0.224. The van der Waals surface area contributed by atoms with Crippen LogP contribution in [0.15, 0.2) is 72.8 Å². The van der Waals surface area contributed by atoms with Crippen LogP contribution in [0.1, 0.15) is 31.8 Å². The van der Waals surface area contributed by atoms with Crippen molar-refractivity contribution in [3.63, 3.8) is 0 Å². The van der Waals surface area contributed by atoms with Gasteiger partial charge in [0.15, 0.2) is 12.2 Å². The Bertz CT molecular complexity index is 1220. The van der Waals surface area contributed by atoms with Crippen LogP contribution in [0.25, 0.3) is 0 Å². The highest BCUT2D eigenvalue weighted by molar-refractivity contribution is 5.92. The number of benzene rings is 3. The molecule has 0 N–H and O–H groups in total. The fourth-order valence-corrected chi connectivity index (χ4v) is 3.24. The topological polar surface area (TPSA) is 130 Å². The lowest BCUT2D eigenvalue weighted by molar-refractivity contribution is -0.147. The van der Waals surface area contributed by atoms with Gasteiger partial charge in [0.1, 0.15) is 24.7 Å². The minimum atomic E-state index is -0.569. The van der Waals surface area contributed by atoms with Crippen molar-refractivity contribution in [2.24, 2.45) is 0 Å². The first kappa shape index (κ1) is 25.1. The molecule has 2 saturated heterocycles. The van der Waals surface area contributed by atoms with Gasteiger partial charge in [-0.25, -0.2) is 19.2 Å². The molecule has 0 amide bonds. The summed E-state index contributed by atoms with van der Waals surface area (Å²) in [5.41, 5.74) is 2.09. The number of hydrogen-bond donors (Lipinski definition) is 0. The molecule has 0 aliphatic carbocycles. The Hall–Kier alpha value is -4.54. The molecule has 3 aromatic rings. The molecule has 2 fully saturated rings. The van der Waals surface area contributed by atoms with Gasteiger partial charge in [-0.05, 0) is 59.7 Å². The summed E-state index contributed by atoms with van der Waals surface area (Å²) < 4.78 is 30.7. The fraction of sp³-hybridized carbons (Fsp3) is 0.214. The van der Waals surface area contributed by atoms with Crippen molar-refractivity contribution in [3.05, 3.63) is 95.1 Å². The molecule has 2 heterocycles. The monoisotopic (exact) mass is 518 g/mol. The molecule has 5 rings (SSSR count). The van der Waals surface area contributed by atoms with Crippen molar-refractivity contribution in [2.45, 2.75) is 25.4 Å². The molecule has 0 radical (unpaired) electrons. The van der Waals surface area contributed by atoms with Crippen molar-refractivity contribution < 1.29 is 47.6 Å². The van der Waals surface area contributed by atoms with Gasteiger partial charge in [-0.1, -0.05) is 24.3 Å². The van der Waals surface area contributed by atoms with Gasteiger partial charge in [-0.3, -0.25) is 0 Å². The van der Waals surface area contributed by atoms with Gasteiger partial charge < -0.3 is 28.4 Å². The SMILES string of the molecule is O=C(Oc1ccc(OC(=O)c2ccc(COC(=O)C3CO3)cc2)cc1)c1ccc(COC(=O)C2CO2)cc1. The maximum atomic E-state index is 12.4. The highest BCUT2D eigenvalue weighted by Crippen LogP contribution is 2.21. The van der Waals surface area contributed by atoms with E-state index in [1.54, 1.807) is 48.5 Å². The molecular weight excluding hydrogens is 496 g/mol. The zero-order valence-electron chi connectivity index (χ0n) is 20.0. The van der Waals surface area contributed by atoms with Gasteiger partial charge in [-0.15, -0.1) is 0 Å². The molecule has 0 saturated carbocycles. The number of esters is 4. The molecule has 0 spiro atoms. The molecule has 2 aliphatic heterocycles. The zero-order valence-corrected chi connectivity index (χ0v) is 20.0. The number of hydrogen-bond acceptors (Lipinski definition) is 10. The normalized spacial score (nSPS) is 17.2. The van der Waals surface area contributed by atoms with E-state index in [1.165, 1.54) is 24.3 Å². The summed E-state index contributed by atoms with van der Waals surface area (Å²) in [4.78, 5) is 47.9. The summed E-state index contributed by atoms with van der Waals surface area (Å²) in [7, 11) is 0. The summed E-state index contributed by atoms with van der Waals surface area (Å²) in [5.74, 6) is -1.40. The molecule has 3 aromatic carbocycles. The predicted octanol–water partition coefficient (Wildman–Crippen LogP) is 3.01. The lowest BCUT2D eigenvalue weighted by atomic mass is 10.1. The third-order valence-corrected chi connectivity index (χ3v) is 5.58. The lowest BCUT2D eigenvalue weighted by Gasteiger charge is -2.08. The highest BCUT2D eigenvalue weighted by Gasteiger charge is 2.33. The van der Waals surface area contributed by atoms with Crippen molar-refractivity contribution in [1.29, 1.82) is 0 Å². The van der Waals surface area contributed by atoms with E-state index in [4.69, 9.17) is 28.4 Å². The molecule has 0 aromatic heterocycles. The number of ether oxygens (including phenoxy) is 6. The van der Waals surface area contributed by atoms with Crippen molar-refractivity contribution in [2.75, 3.05) is 13.2 Å². The second kappa shape index (κ2) is 11.2. The van der Waals surface area contributed by atoms with Crippen LogP contribution in [0.2, 0.25) is 0 Å². The Labute approximate surface area is 217 Å². The summed E-state index contributed by atoms with van der Waals surface area (Å²) >= 11 is 0. The minimum absolute atomic E-state index is 0.0873. The Morgan fingerprint density at radius 3 is 1.24 bits per heavy atom. The Kier molecular flexibility index (Phi) is 7.43. The maximum absolute atomic E-state index is 12.4. The average molecular weight is 518 g/mol. The molecule has 2 aliphatic rings.